The fraction of sp³-hybridized carbons (Fsp3) is 0. The topological polar surface area (TPSA) is 38.5 Å². The van der Waals surface area contributed by atoms with Crippen LogP contribution in [0.1, 0.15) is 0 Å². The molecule has 0 amide bonds. The van der Waals surface area contributed by atoms with Gasteiger partial charge in [-0.25, -0.2) is 0 Å². The number of para-hydroxylation sites is 5. The van der Waals surface area contributed by atoms with E-state index in [1.807, 2.05) is 24.3 Å². The minimum atomic E-state index is -0.105. The van der Waals surface area contributed by atoms with Crippen molar-refractivity contribution in [1.29, 1.82) is 0 Å². The first kappa shape index (κ1) is 39.0. The number of pyridine rings is 1. The van der Waals surface area contributed by atoms with Crippen LogP contribution in [0.3, 0.4) is 0 Å². The molecule has 0 spiro atoms. The molecular formula is C60H36BN5OPt-2. The maximum atomic E-state index is 6.75. The fourth-order valence-corrected chi connectivity index (χ4v) is 11.7. The minimum absolute atomic E-state index is 0.105. The van der Waals surface area contributed by atoms with E-state index in [0.717, 1.165) is 71.2 Å². The van der Waals surface area contributed by atoms with Gasteiger partial charge in [-0.3, -0.25) is 0 Å². The van der Waals surface area contributed by atoms with Gasteiger partial charge in [-0.1, -0.05) is 30.3 Å². The van der Waals surface area contributed by atoms with Crippen LogP contribution in [-0.2, 0) is 19.4 Å². The number of benzene rings is 9. The van der Waals surface area contributed by atoms with Crippen molar-refractivity contribution < 1.29 is 24.1 Å². The van der Waals surface area contributed by atoms with E-state index in [1.165, 1.54) is 39.0 Å². The molecule has 322 valence electrons. The van der Waals surface area contributed by atoms with Crippen LogP contribution in [0.5, 0.6) is 11.6 Å². The summed E-state index contributed by atoms with van der Waals surface area (Å²) in [6.07, 6.45) is 0. The zero-order valence-corrected chi connectivity index (χ0v) is 38.6. The molecular weight excluding hydrogens is 1010 g/mol. The summed E-state index contributed by atoms with van der Waals surface area (Å²) in [5.41, 5.74) is 20.3. The van der Waals surface area contributed by atoms with Gasteiger partial charge in [0.15, 0.2) is 0 Å². The number of rotatable bonds is 7. The molecule has 0 aliphatic carbocycles. The zero-order chi connectivity index (χ0) is 44.9. The SMILES string of the molecule is [Pt]=[c]1n(-c2[c-]c(Oc3ccc4c(n3)N3B5c6c(cccc6-4)-c4ccccc4N5c4ccc[c-]c43)ccc2)c2ccccc2n1-c1c(-c2ccccc2)cccc1-c1ccc(-c2ccccc2)cc1. The molecule has 5 heterocycles. The van der Waals surface area contributed by atoms with Crippen molar-refractivity contribution in [2.24, 2.45) is 0 Å². The Morgan fingerprint density at radius 1 is 0.456 bits per heavy atom. The molecule has 0 saturated carbocycles. The molecule has 0 saturated heterocycles. The predicted molar refractivity (Wildman–Crippen MR) is 271 cm³/mol. The average molecular weight is 1050 g/mol. The van der Waals surface area contributed by atoms with Crippen LogP contribution in [0.15, 0.2) is 218 Å². The molecule has 0 atom stereocenters. The van der Waals surface area contributed by atoms with E-state index in [4.69, 9.17) is 9.72 Å². The van der Waals surface area contributed by atoms with Gasteiger partial charge in [0, 0.05) is 11.3 Å². The van der Waals surface area contributed by atoms with Gasteiger partial charge in [0.2, 0.25) is 0 Å². The first-order valence-corrected chi connectivity index (χ1v) is 23.9. The summed E-state index contributed by atoms with van der Waals surface area (Å²) in [4.78, 5) is 10.1. The first-order valence-electron chi connectivity index (χ1n) is 22.7. The van der Waals surface area contributed by atoms with Crippen molar-refractivity contribution in [3.05, 3.63) is 234 Å². The zero-order valence-electron chi connectivity index (χ0n) is 36.3. The van der Waals surface area contributed by atoms with Gasteiger partial charge in [0.25, 0.3) is 0 Å². The average Bonchev–Trinajstić information content (AvgIpc) is 3.91. The monoisotopic (exact) mass is 1050 g/mol. The second-order valence-corrected chi connectivity index (χ2v) is 18.3. The number of hydrogen-bond acceptors (Lipinski definition) is 4. The summed E-state index contributed by atoms with van der Waals surface area (Å²) in [6, 6.07) is 84.5. The summed E-state index contributed by atoms with van der Waals surface area (Å²) in [6.45, 7) is -0.105. The summed E-state index contributed by atoms with van der Waals surface area (Å²) < 4.78 is 12.4. The van der Waals surface area contributed by atoms with E-state index in [2.05, 4.69) is 244 Å². The Balaban J connectivity index is 0.884. The van der Waals surface area contributed by atoms with Gasteiger partial charge in [-0.05, 0) is 11.6 Å². The molecule has 14 rings (SSSR count). The molecule has 0 radical (unpaired) electrons. The Morgan fingerprint density at radius 3 is 1.82 bits per heavy atom. The Labute approximate surface area is 404 Å². The third-order valence-corrected chi connectivity index (χ3v) is 14.6. The number of fused-ring (bicyclic) bond motifs is 10. The van der Waals surface area contributed by atoms with Crippen molar-refractivity contribution >= 4 is 46.4 Å². The first-order chi connectivity index (χ1) is 33.7. The number of aromatic nitrogens is 3. The van der Waals surface area contributed by atoms with Gasteiger partial charge in [-0.2, -0.15) is 12.1 Å². The van der Waals surface area contributed by atoms with Crippen molar-refractivity contribution in [1.82, 2.24) is 14.1 Å². The number of imidazole rings is 1. The van der Waals surface area contributed by atoms with Gasteiger partial charge in [-0.15, -0.1) is 6.07 Å². The fourth-order valence-electron chi connectivity index (χ4n) is 10.7. The van der Waals surface area contributed by atoms with Crippen LogP contribution in [-0.4, -0.2) is 21.1 Å². The summed E-state index contributed by atoms with van der Waals surface area (Å²) in [5, 5.41) is 0. The molecule has 11 aromatic rings. The Bertz CT molecular complexity index is 3890. The molecule has 68 heavy (non-hydrogen) atoms. The molecule has 0 unspecified atom stereocenters. The molecule has 8 heteroatoms. The van der Waals surface area contributed by atoms with Crippen molar-refractivity contribution in [3.8, 4) is 78.6 Å². The molecule has 3 aliphatic heterocycles. The van der Waals surface area contributed by atoms with Crippen LogP contribution >= 0.6 is 0 Å². The Kier molecular flexibility index (Phi) is 8.83. The van der Waals surface area contributed by atoms with Gasteiger partial charge in [0.05, 0.1) is 0 Å². The van der Waals surface area contributed by atoms with E-state index in [1.54, 1.807) is 0 Å². The molecule has 6 nitrogen and oxygen atoms in total. The van der Waals surface area contributed by atoms with E-state index in [-0.39, 0.29) is 6.98 Å². The normalized spacial score (nSPS) is 12.7. The van der Waals surface area contributed by atoms with Crippen molar-refractivity contribution in [3.63, 3.8) is 0 Å². The molecule has 3 aliphatic rings. The third-order valence-electron chi connectivity index (χ3n) is 13.5. The number of nitrogens with zero attached hydrogens (tertiary/aromatic N) is 5. The van der Waals surface area contributed by atoms with E-state index in [9.17, 15) is 0 Å². The summed E-state index contributed by atoms with van der Waals surface area (Å²) in [5.74, 6) is 1.90. The number of hydrogen-bond donors (Lipinski definition) is 0. The van der Waals surface area contributed by atoms with Crippen LogP contribution in [0.4, 0.5) is 22.9 Å². The van der Waals surface area contributed by atoms with Gasteiger partial charge < -0.3 is 0 Å². The standard InChI is InChI=1S/C60H36BN5O.Pt/c1-3-16-40(17-4-1)41-32-34-43(35-33-41)47-24-14-23-46(42-18-5-2-6-19-42)59(47)64-39-63(53-28-9-10-29-54(53)64)44-20-13-21-45(38-44)67-57-37-36-51-50-26-15-25-49-48-22-7-8-27-52(48)65-55-30-11-12-31-56(55)66(60(51)62-57)61(65)58(49)50;/h1-30,32-37H;/q-2;. The van der Waals surface area contributed by atoms with Crippen LogP contribution < -0.4 is 19.8 Å². The second kappa shape index (κ2) is 15.4. The Morgan fingerprint density at radius 2 is 1.04 bits per heavy atom. The van der Waals surface area contributed by atoms with Gasteiger partial charge >= 0.3 is 336 Å². The molecule has 0 N–H and O–H groups in total. The molecule has 0 fully saturated rings. The maximum absolute atomic E-state index is 6.75. The van der Waals surface area contributed by atoms with Crippen LogP contribution in [0.2, 0.25) is 0 Å². The van der Waals surface area contributed by atoms with E-state index >= 15 is 0 Å². The molecule has 2 aromatic heterocycles. The number of anilines is 4. The van der Waals surface area contributed by atoms with Crippen LogP contribution in [0.25, 0.3) is 78.0 Å². The summed E-state index contributed by atoms with van der Waals surface area (Å²) >= 11 is 2.49. The molecule has 9 aromatic carbocycles. The quantitative estimate of drug-likeness (QED) is 0.118. The van der Waals surface area contributed by atoms with E-state index in [0.29, 0.717) is 11.6 Å². The van der Waals surface area contributed by atoms with Gasteiger partial charge in [0.1, 0.15) is 0 Å². The molecule has 0 bridgehead atoms. The predicted octanol–water partition coefficient (Wildman–Crippen LogP) is 13.9. The second-order valence-electron chi connectivity index (χ2n) is 17.2. The van der Waals surface area contributed by atoms with Crippen LogP contribution in [0, 0.1) is 15.9 Å². The van der Waals surface area contributed by atoms with Crippen molar-refractivity contribution in [2.75, 3.05) is 9.62 Å². The Hall–Kier alpha value is -8.25. The third kappa shape index (κ3) is 5.89. The van der Waals surface area contributed by atoms with Crippen molar-refractivity contribution in [2.45, 2.75) is 0 Å². The summed E-state index contributed by atoms with van der Waals surface area (Å²) in [7, 11) is 0. The van der Waals surface area contributed by atoms with E-state index < -0.39 is 0 Å². The number of ether oxygens (including phenoxy) is 1.